The number of likely N-dealkylation sites (N-methyl/N-ethyl adjacent to an activating group) is 1. The van der Waals surface area contributed by atoms with Gasteiger partial charge in [-0.25, -0.2) is 0 Å². The number of benzene rings is 1. The summed E-state index contributed by atoms with van der Waals surface area (Å²) in [6, 6.07) is 14.2. The van der Waals surface area contributed by atoms with Gasteiger partial charge in [0, 0.05) is 26.3 Å². The molecule has 1 saturated heterocycles. The summed E-state index contributed by atoms with van der Waals surface area (Å²) in [7, 11) is 1.67. The minimum absolute atomic E-state index is 0.0586. The van der Waals surface area contributed by atoms with Gasteiger partial charge < -0.3 is 10.2 Å². The monoisotopic (exact) mass is 419 g/mol. The Labute approximate surface area is 185 Å². The minimum Gasteiger partial charge on any atom is -0.358 e. The molecule has 5 nitrogen and oxygen atoms in total. The molecule has 1 N–H and O–H groups in total. The lowest BCUT2D eigenvalue weighted by Gasteiger charge is -2.46. The molecule has 2 amide bonds. The van der Waals surface area contributed by atoms with Crippen LogP contribution in [0.25, 0.3) is 0 Å². The summed E-state index contributed by atoms with van der Waals surface area (Å²) in [6.45, 7) is 3.16. The molecule has 2 aliphatic rings. The Bertz CT molecular complexity index is 919. The molecule has 4 rings (SSSR count). The average molecular weight is 420 g/mol. The van der Waals surface area contributed by atoms with E-state index in [2.05, 4.69) is 41.5 Å². The minimum atomic E-state index is -0.799. The number of carbonyl (C=O) groups excluding carboxylic acids is 2. The molecule has 0 bridgehead atoms. The average Bonchev–Trinajstić information content (AvgIpc) is 2.84. The molecule has 1 aliphatic heterocycles. The molecule has 31 heavy (non-hydrogen) atoms. The van der Waals surface area contributed by atoms with Gasteiger partial charge in [0.2, 0.25) is 11.8 Å². The van der Waals surface area contributed by atoms with Crippen LogP contribution in [0.3, 0.4) is 0 Å². The van der Waals surface area contributed by atoms with E-state index in [1.54, 1.807) is 13.2 Å². The smallest absolute Gasteiger partial charge is 0.233 e. The van der Waals surface area contributed by atoms with Gasteiger partial charge in [-0.2, -0.15) is 0 Å². The van der Waals surface area contributed by atoms with Crippen LogP contribution >= 0.6 is 0 Å². The molecule has 1 aliphatic carbocycles. The summed E-state index contributed by atoms with van der Waals surface area (Å²) in [4.78, 5) is 33.8. The van der Waals surface area contributed by atoms with Crippen LogP contribution in [0.4, 0.5) is 0 Å². The second-order valence-corrected chi connectivity index (χ2v) is 9.22. The Kier molecular flexibility index (Phi) is 6.12. The molecular formula is C26H33N3O2. The molecule has 0 unspecified atom stereocenters. The molecule has 1 atom stereocenters. The van der Waals surface area contributed by atoms with E-state index in [0.29, 0.717) is 19.5 Å². The van der Waals surface area contributed by atoms with Crippen molar-refractivity contribution in [2.45, 2.75) is 62.7 Å². The van der Waals surface area contributed by atoms with E-state index in [1.807, 2.05) is 23.1 Å². The van der Waals surface area contributed by atoms with Gasteiger partial charge in [0.05, 0.1) is 11.1 Å². The number of hydrogen-bond donors (Lipinski definition) is 1. The standard InChI is InChI=1S/C26H33N3O2/c1-20-10-12-21(13-11-20)25(14-5-3-6-15-25)24(31)29-18-8-16-26(19-29,23(30)27-2)22-9-4-7-17-28-22/h4,7,9-13,17H,3,5-6,8,14-16,18-19H2,1-2H3,(H,27,30)/t26-/m0/s1. The zero-order valence-electron chi connectivity index (χ0n) is 18.7. The number of aryl methyl sites for hydroxylation is 1. The van der Waals surface area contributed by atoms with Gasteiger partial charge in [-0.05, 0) is 50.3 Å². The predicted octanol–water partition coefficient (Wildman–Crippen LogP) is 3.90. The second-order valence-electron chi connectivity index (χ2n) is 9.22. The molecule has 1 aromatic heterocycles. The largest absolute Gasteiger partial charge is 0.358 e. The van der Waals surface area contributed by atoms with Crippen molar-refractivity contribution in [3.8, 4) is 0 Å². The Morgan fingerprint density at radius 3 is 2.29 bits per heavy atom. The van der Waals surface area contributed by atoms with Gasteiger partial charge >= 0.3 is 0 Å². The lowest BCUT2D eigenvalue weighted by molar-refractivity contribution is -0.143. The van der Waals surface area contributed by atoms with Crippen molar-refractivity contribution in [3.63, 3.8) is 0 Å². The highest BCUT2D eigenvalue weighted by molar-refractivity contribution is 5.92. The first kappa shape index (κ1) is 21.5. The quantitative estimate of drug-likeness (QED) is 0.818. The van der Waals surface area contributed by atoms with Crippen molar-refractivity contribution in [2.24, 2.45) is 0 Å². The zero-order valence-corrected chi connectivity index (χ0v) is 18.7. The van der Waals surface area contributed by atoms with Crippen LogP contribution in [-0.2, 0) is 20.4 Å². The molecule has 164 valence electrons. The van der Waals surface area contributed by atoms with Crippen molar-refractivity contribution in [1.29, 1.82) is 0 Å². The van der Waals surface area contributed by atoms with Crippen LogP contribution in [0.5, 0.6) is 0 Å². The van der Waals surface area contributed by atoms with Crippen molar-refractivity contribution in [1.82, 2.24) is 15.2 Å². The van der Waals surface area contributed by atoms with Crippen LogP contribution in [0, 0.1) is 6.92 Å². The summed E-state index contributed by atoms with van der Waals surface area (Å²) in [5, 5.41) is 2.84. The summed E-state index contributed by atoms with van der Waals surface area (Å²) in [5.74, 6) is 0.122. The van der Waals surface area contributed by atoms with Gasteiger partial charge in [0.25, 0.3) is 0 Å². The third kappa shape index (κ3) is 3.86. The fraction of sp³-hybridized carbons (Fsp3) is 0.500. The van der Waals surface area contributed by atoms with Crippen molar-refractivity contribution < 1.29 is 9.59 Å². The Morgan fingerprint density at radius 2 is 1.65 bits per heavy atom. The van der Waals surface area contributed by atoms with Gasteiger partial charge in [-0.15, -0.1) is 0 Å². The maximum atomic E-state index is 14.2. The first-order valence-electron chi connectivity index (χ1n) is 11.5. The second kappa shape index (κ2) is 8.81. The van der Waals surface area contributed by atoms with E-state index in [0.717, 1.165) is 43.4 Å². The molecule has 1 aromatic carbocycles. The number of carbonyl (C=O) groups is 2. The Morgan fingerprint density at radius 1 is 0.935 bits per heavy atom. The summed E-state index contributed by atoms with van der Waals surface area (Å²) in [5.41, 5.74) is 1.79. The number of hydrogen-bond acceptors (Lipinski definition) is 3. The summed E-state index contributed by atoms with van der Waals surface area (Å²) < 4.78 is 0. The third-order valence-electron chi connectivity index (χ3n) is 7.32. The van der Waals surface area contributed by atoms with Gasteiger partial charge in [0.15, 0.2) is 0 Å². The number of likely N-dealkylation sites (tertiary alicyclic amines) is 1. The van der Waals surface area contributed by atoms with E-state index in [4.69, 9.17) is 0 Å². The Hall–Kier alpha value is -2.69. The van der Waals surface area contributed by atoms with E-state index in [-0.39, 0.29) is 11.8 Å². The molecule has 2 aromatic rings. The highest BCUT2D eigenvalue weighted by Gasteiger charge is 2.50. The Balaban J connectivity index is 1.71. The van der Waals surface area contributed by atoms with Crippen LogP contribution in [0.15, 0.2) is 48.7 Å². The van der Waals surface area contributed by atoms with Crippen LogP contribution in [0.2, 0.25) is 0 Å². The highest BCUT2D eigenvalue weighted by Crippen LogP contribution is 2.43. The molecule has 2 fully saturated rings. The van der Waals surface area contributed by atoms with Gasteiger partial charge in [-0.3, -0.25) is 14.6 Å². The lowest BCUT2D eigenvalue weighted by atomic mass is 9.67. The van der Waals surface area contributed by atoms with E-state index in [9.17, 15) is 9.59 Å². The van der Waals surface area contributed by atoms with Crippen molar-refractivity contribution in [2.75, 3.05) is 20.1 Å². The SMILES string of the molecule is CNC(=O)[C@@]1(c2ccccn2)CCCN(C(=O)C2(c3ccc(C)cc3)CCCCC2)C1. The van der Waals surface area contributed by atoms with E-state index >= 15 is 0 Å². The maximum absolute atomic E-state index is 14.2. The zero-order chi connectivity index (χ0) is 21.9. The van der Waals surface area contributed by atoms with Crippen LogP contribution < -0.4 is 5.32 Å². The molecular weight excluding hydrogens is 386 g/mol. The molecule has 0 radical (unpaired) electrons. The number of rotatable bonds is 4. The number of nitrogens with zero attached hydrogens (tertiary/aromatic N) is 2. The number of pyridine rings is 1. The van der Waals surface area contributed by atoms with Gasteiger partial charge in [0.1, 0.15) is 5.41 Å². The molecule has 5 heteroatoms. The maximum Gasteiger partial charge on any atom is 0.233 e. The first-order valence-corrected chi connectivity index (χ1v) is 11.5. The number of piperidine rings is 1. The van der Waals surface area contributed by atoms with E-state index in [1.165, 1.54) is 12.0 Å². The van der Waals surface area contributed by atoms with Crippen LogP contribution in [0.1, 0.15) is 61.8 Å². The topological polar surface area (TPSA) is 62.3 Å². The van der Waals surface area contributed by atoms with Crippen molar-refractivity contribution in [3.05, 3.63) is 65.5 Å². The fourth-order valence-electron chi connectivity index (χ4n) is 5.58. The van der Waals surface area contributed by atoms with Crippen LogP contribution in [-0.4, -0.2) is 41.8 Å². The fourth-order valence-corrected chi connectivity index (χ4v) is 5.58. The lowest BCUT2D eigenvalue weighted by Crippen LogP contribution is -2.59. The third-order valence-corrected chi connectivity index (χ3v) is 7.32. The highest BCUT2D eigenvalue weighted by atomic mass is 16.2. The number of nitrogens with one attached hydrogen (secondary N) is 1. The first-order chi connectivity index (χ1) is 15.0. The summed E-state index contributed by atoms with van der Waals surface area (Å²) >= 11 is 0. The van der Waals surface area contributed by atoms with Crippen molar-refractivity contribution >= 4 is 11.8 Å². The number of amides is 2. The normalized spacial score (nSPS) is 23.2. The molecule has 2 heterocycles. The summed E-state index contributed by atoms with van der Waals surface area (Å²) in [6.07, 6.45) is 8.28. The van der Waals surface area contributed by atoms with Gasteiger partial charge in [-0.1, -0.05) is 55.2 Å². The molecule has 0 spiro atoms. The van der Waals surface area contributed by atoms with E-state index < -0.39 is 10.8 Å². The number of aromatic nitrogens is 1. The predicted molar refractivity (Wildman–Crippen MR) is 122 cm³/mol. The molecule has 1 saturated carbocycles.